The summed E-state index contributed by atoms with van der Waals surface area (Å²) in [7, 11) is -3.49. The van der Waals surface area contributed by atoms with Gasteiger partial charge in [-0.15, -0.1) is 0 Å². The molecule has 0 saturated carbocycles. The number of hydrogen-bond donors (Lipinski definition) is 0. The fourth-order valence-electron chi connectivity index (χ4n) is 1.84. The van der Waals surface area contributed by atoms with E-state index in [-0.39, 0.29) is 0 Å². The predicted octanol–water partition coefficient (Wildman–Crippen LogP) is 6.51. The van der Waals surface area contributed by atoms with E-state index >= 15 is 0 Å². The SMILES string of the molecule is CCO/C(=C/C(=C/Sc1ccc(C)cc1)O[Si](C)(C)C)O[Si](C)(C)C. The fraction of sp³-hybridized carbons (Fsp3) is 0.474. The molecule has 0 radical (unpaired) electrons. The zero-order valence-corrected chi connectivity index (χ0v) is 19.6. The van der Waals surface area contributed by atoms with Gasteiger partial charge in [-0.2, -0.15) is 0 Å². The Morgan fingerprint density at radius 3 is 2.00 bits per heavy atom. The second kappa shape index (κ2) is 9.55. The highest BCUT2D eigenvalue weighted by atomic mass is 32.2. The largest absolute Gasteiger partial charge is 0.544 e. The Hall–Kier alpha value is -1.12. The number of thioether (sulfide) groups is 1. The van der Waals surface area contributed by atoms with Gasteiger partial charge in [0.2, 0.25) is 16.6 Å². The Labute approximate surface area is 159 Å². The first-order valence-electron chi connectivity index (χ1n) is 8.64. The molecule has 0 saturated heterocycles. The van der Waals surface area contributed by atoms with Crippen LogP contribution in [0.2, 0.25) is 39.3 Å². The van der Waals surface area contributed by atoms with Gasteiger partial charge in [0.15, 0.2) is 0 Å². The van der Waals surface area contributed by atoms with Crippen molar-refractivity contribution < 1.29 is 13.6 Å². The van der Waals surface area contributed by atoms with Gasteiger partial charge >= 0.3 is 0 Å². The van der Waals surface area contributed by atoms with Gasteiger partial charge in [-0.1, -0.05) is 29.5 Å². The van der Waals surface area contributed by atoms with E-state index in [1.165, 1.54) is 10.5 Å². The van der Waals surface area contributed by atoms with Gasteiger partial charge in [0.25, 0.3) is 5.95 Å². The molecule has 0 atom stereocenters. The molecule has 0 aromatic heterocycles. The van der Waals surface area contributed by atoms with E-state index in [4.69, 9.17) is 13.6 Å². The Balaban J connectivity index is 3.05. The number of rotatable bonds is 9. The van der Waals surface area contributed by atoms with E-state index in [0.29, 0.717) is 12.6 Å². The maximum absolute atomic E-state index is 6.23. The summed E-state index contributed by atoms with van der Waals surface area (Å²) in [5, 5.41) is 2.04. The van der Waals surface area contributed by atoms with Gasteiger partial charge in [-0.3, -0.25) is 0 Å². The molecule has 0 N–H and O–H groups in total. The van der Waals surface area contributed by atoms with Crippen LogP contribution in [-0.2, 0) is 13.6 Å². The van der Waals surface area contributed by atoms with Crippen molar-refractivity contribution in [1.29, 1.82) is 0 Å². The number of benzene rings is 1. The summed E-state index contributed by atoms with van der Waals surface area (Å²) in [5.41, 5.74) is 1.26. The third kappa shape index (κ3) is 10.5. The summed E-state index contributed by atoms with van der Waals surface area (Å²) in [6.07, 6.45) is 1.89. The first kappa shape index (κ1) is 21.9. The summed E-state index contributed by atoms with van der Waals surface area (Å²) in [5.74, 6) is 1.35. The molecule has 0 spiro atoms. The molecule has 140 valence electrons. The number of hydrogen-bond acceptors (Lipinski definition) is 4. The molecule has 0 aliphatic rings. The molecule has 0 aliphatic heterocycles. The number of aryl methyl sites for hydroxylation is 1. The summed E-state index contributed by atoms with van der Waals surface area (Å²) in [6, 6.07) is 8.47. The second-order valence-corrected chi connectivity index (χ2v) is 17.6. The number of allylic oxidation sites excluding steroid dienone is 1. The molecule has 25 heavy (non-hydrogen) atoms. The highest BCUT2D eigenvalue weighted by Gasteiger charge is 2.21. The van der Waals surface area contributed by atoms with Crippen LogP contribution in [0.3, 0.4) is 0 Å². The van der Waals surface area contributed by atoms with Crippen LogP contribution in [0, 0.1) is 6.92 Å². The van der Waals surface area contributed by atoms with Crippen molar-refractivity contribution in [2.24, 2.45) is 0 Å². The maximum atomic E-state index is 6.23. The van der Waals surface area contributed by atoms with Crippen LogP contribution in [-0.4, -0.2) is 23.2 Å². The van der Waals surface area contributed by atoms with Gasteiger partial charge in [-0.25, -0.2) is 0 Å². The lowest BCUT2D eigenvalue weighted by Gasteiger charge is -2.24. The van der Waals surface area contributed by atoms with E-state index in [2.05, 4.69) is 70.5 Å². The van der Waals surface area contributed by atoms with E-state index in [1.807, 2.05) is 18.4 Å². The van der Waals surface area contributed by atoms with Crippen LogP contribution in [0.5, 0.6) is 0 Å². The molecular weight excluding hydrogens is 364 g/mol. The minimum Gasteiger partial charge on any atom is -0.544 e. The van der Waals surface area contributed by atoms with Gasteiger partial charge < -0.3 is 13.6 Å². The Morgan fingerprint density at radius 2 is 1.52 bits per heavy atom. The molecule has 1 aromatic carbocycles. The molecule has 0 fully saturated rings. The van der Waals surface area contributed by atoms with Gasteiger partial charge in [0, 0.05) is 10.3 Å². The summed E-state index contributed by atoms with van der Waals surface area (Å²) >= 11 is 1.65. The summed E-state index contributed by atoms with van der Waals surface area (Å²) in [4.78, 5) is 1.18. The number of ether oxygens (including phenoxy) is 1. The van der Waals surface area contributed by atoms with Crippen LogP contribution in [0.15, 0.2) is 52.3 Å². The highest BCUT2D eigenvalue weighted by Crippen LogP contribution is 2.25. The van der Waals surface area contributed by atoms with Crippen LogP contribution >= 0.6 is 11.8 Å². The minimum atomic E-state index is -1.75. The molecule has 1 rings (SSSR count). The Bertz CT molecular complexity index is 597. The molecule has 0 aliphatic carbocycles. The molecule has 0 heterocycles. The quantitative estimate of drug-likeness (QED) is 0.206. The van der Waals surface area contributed by atoms with E-state index in [0.717, 1.165) is 5.76 Å². The van der Waals surface area contributed by atoms with Crippen LogP contribution in [0.1, 0.15) is 12.5 Å². The lowest BCUT2D eigenvalue weighted by atomic mass is 10.2. The maximum Gasteiger partial charge on any atom is 0.269 e. The lowest BCUT2D eigenvalue weighted by molar-refractivity contribution is 0.111. The van der Waals surface area contributed by atoms with E-state index < -0.39 is 16.6 Å². The molecular formula is C19H32O3SSi2. The monoisotopic (exact) mass is 396 g/mol. The van der Waals surface area contributed by atoms with Crippen molar-refractivity contribution in [2.75, 3.05) is 6.61 Å². The smallest absolute Gasteiger partial charge is 0.269 e. The summed E-state index contributed by atoms with van der Waals surface area (Å²) < 4.78 is 18.0. The molecule has 3 nitrogen and oxygen atoms in total. The second-order valence-electron chi connectivity index (χ2n) is 7.78. The van der Waals surface area contributed by atoms with E-state index in [9.17, 15) is 0 Å². The first-order valence-corrected chi connectivity index (χ1v) is 16.3. The van der Waals surface area contributed by atoms with Gasteiger partial charge in [0.05, 0.1) is 12.7 Å². The van der Waals surface area contributed by atoms with Crippen molar-refractivity contribution in [1.82, 2.24) is 0 Å². The topological polar surface area (TPSA) is 27.7 Å². The van der Waals surface area contributed by atoms with Gasteiger partial charge in [-0.05, 0) is 65.3 Å². The average Bonchev–Trinajstić information content (AvgIpc) is 2.43. The zero-order chi connectivity index (χ0) is 19.1. The normalized spacial score (nSPS) is 13.6. The van der Waals surface area contributed by atoms with Crippen molar-refractivity contribution in [3.63, 3.8) is 0 Å². The molecule has 0 unspecified atom stereocenters. The van der Waals surface area contributed by atoms with E-state index in [1.54, 1.807) is 11.8 Å². The molecule has 0 amide bonds. The van der Waals surface area contributed by atoms with Crippen LogP contribution in [0.4, 0.5) is 0 Å². The standard InChI is InChI=1S/C19H32O3SSi2/c1-9-20-19(22-25(6,7)8)14-17(21-24(3,4)5)15-23-18-12-10-16(2)11-13-18/h10-15H,9H2,1-8H3/b17-15-,19-14-. The zero-order valence-electron chi connectivity index (χ0n) is 16.8. The fourth-order valence-corrected chi connectivity index (χ4v) is 4.14. The lowest BCUT2D eigenvalue weighted by Crippen LogP contribution is -2.27. The van der Waals surface area contributed by atoms with Gasteiger partial charge in [0.1, 0.15) is 5.76 Å². The molecule has 1 aromatic rings. The highest BCUT2D eigenvalue weighted by molar-refractivity contribution is 8.02. The third-order valence-corrected chi connectivity index (χ3v) is 5.27. The van der Waals surface area contributed by atoms with Crippen molar-refractivity contribution in [2.45, 2.75) is 58.0 Å². The average molecular weight is 397 g/mol. The summed E-state index contributed by atoms with van der Waals surface area (Å²) in [6.45, 7) is 17.6. The molecule has 0 bridgehead atoms. The molecule has 6 heteroatoms. The van der Waals surface area contributed by atoms with Crippen molar-refractivity contribution in [3.05, 3.63) is 53.0 Å². The third-order valence-electron chi connectivity index (χ3n) is 2.71. The predicted molar refractivity (Wildman–Crippen MR) is 114 cm³/mol. The van der Waals surface area contributed by atoms with Crippen LogP contribution < -0.4 is 0 Å². The van der Waals surface area contributed by atoms with Crippen LogP contribution in [0.25, 0.3) is 0 Å². The Kier molecular flexibility index (Phi) is 8.37. The van der Waals surface area contributed by atoms with Crippen molar-refractivity contribution >= 4 is 28.4 Å². The Morgan fingerprint density at radius 1 is 0.960 bits per heavy atom. The van der Waals surface area contributed by atoms with Crippen molar-refractivity contribution in [3.8, 4) is 0 Å². The minimum absolute atomic E-state index is 0.552. The first-order chi connectivity index (χ1) is 11.5.